The van der Waals surface area contributed by atoms with Crippen LogP contribution in [-0.4, -0.2) is 17.0 Å². The molecule has 0 N–H and O–H groups in total. The van der Waals surface area contributed by atoms with E-state index < -0.39 is 79.3 Å². The molecule has 4 aliphatic carbocycles. The molecule has 4 aliphatic rings. The van der Waals surface area contributed by atoms with Gasteiger partial charge in [0, 0.05) is 23.0 Å². The molecular weight excluding hydrogens is 826 g/mol. The third-order valence-corrected chi connectivity index (χ3v) is 17.0. The van der Waals surface area contributed by atoms with Gasteiger partial charge < -0.3 is 0 Å². The van der Waals surface area contributed by atoms with E-state index in [1.165, 1.54) is 6.08 Å². The van der Waals surface area contributed by atoms with Crippen molar-refractivity contribution >= 4 is 26.5 Å². The fraction of sp³-hybridized carbons (Fsp3) is 0.500. The molecule has 304 valence electrons. The van der Waals surface area contributed by atoms with E-state index in [4.69, 9.17) is 0 Å². The van der Waals surface area contributed by atoms with E-state index in [1.54, 1.807) is 12.2 Å². The van der Waals surface area contributed by atoms with E-state index in [9.17, 15) is 52.7 Å². The van der Waals surface area contributed by atoms with Crippen molar-refractivity contribution in [3.8, 4) is 0 Å². The largest absolute Gasteiger partial charge is 0.416 e. The van der Waals surface area contributed by atoms with Gasteiger partial charge in [-0.2, -0.15) is 52.7 Å². The van der Waals surface area contributed by atoms with Crippen LogP contribution >= 0.6 is 15.8 Å². The summed E-state index contributed by atoms with van der Waals surface area (Å²) in [5, 5.41) is -0.977. The summed E-state index contributed by atoms with van der Waals surface area (Å²) in [7, 11) is -3.49. The Labute approximate surface area is 327 Å². The second-order valence-electron chi connectivity index (χ2n) is 14.2. The van der Waals surface area contributed by atoms with Gasteiger partial charge in [0.1, 0.15) is 0 Å². The van der Waals surface area contributed by atoms with E-state index in [0.717, 1.165) is 70.6 Å². The normalized spacial score (nSPS) is 20.4. The number of alkyl halides is 12. The molecule has 2 saturated carbocycles. The first-order valence-corrected chi connectivity index (χ1v) is 21.0. The van der Waals surface area contributed by atoms with Crippen molar-refractivity contribution in [1.82, 2.24) is 0 Å². The third kappa shape index (κ3) is 11.8. The molecule has 0 bridgehead atoms. The molecule has 0 heterocycles. The number of benzene rings is 2. The maximum atomic E-state index is 14.1. The Kier molecular flexibility index (Phi) is 15.5. The van der Waals surface area contributed by atoms with Crippen LogP contribution in [0.25, 0.3) is 0 Å². The van der Waals surface area contributed by atoms with Gasteiger partial charge in [-0.05, 0) is 109 Å². The number of rotatable bonds is 7. The van der Waals surface area contributed by atoms with Gasteiger partial charge in [-0.1, -0.05) is 95.9 Å². The molecule has 0 radical (unpaired) electrons. The predicted molar refractivity (Wildman–Crippen MR) is 193 cm³/mol. The summed E-state index contributed by atoms with van der Waals surface area (Å²) in [5.74, 6) is -0.589. The van der Waals surface area contributed by atoms with Gasteiger partial charge in [-0.25, -0.2) is 0 Å². The molecule has 2 aromatic rings. The predicted octanol–water partition coefficient (Wildman–Crippen LogP) is 14.3. The minimum Gasteiger partial charge on any atom is -0.166 e. The van der Waals surface area contributed by atoms with Gasteiger partial charge in [0.15, 0.2) is 0 Å². The van der Waals surface area contributed by atoms with Gasteiger partial charge in [-0.15, -0.1) is 0 Å². The molecule has 0 spiro atoms. The molecule has 2 atom stereocenters. The molecule has 0 nitrogen and oxygen atoms in total. The van der Waals surface area contributed by atoms with Crippen molar-refractivity contribution in [2.24, 2.45) is 5.92 Å². The van der Waals surface area contributed by atoms with Crippen LogP contribution in [0, 0.1) is 5.92 Å². The SMILES string of the molecule is C1=CCC=C1.C[C@H](C1C=CC=C1P(c1cc(C(F)(F)F)cc(C(F)(F)F)c1)c1cc(C(F)(F)F)cc(C(F)(F)F)c1)P(C1CCCCC1)C1CCCCC1.[Fe]. The van der Waals surface area contributed by atoms with Gasteiger partial charge in [-0.3, -0.25) is 0 Å². The van der Waals surface area contributed by atoms with Crippen LogP contribution < -0.4 is 10.6 Å². The van der Waals surface area contributed by atoms with Gasteiger partial charge >= 0.3 is 24.7 Å². The molecular formula is C40H42F12FeP2. The number of halogens is 12. The zero-order chi connectivity index (χ0) is 39.5. The van der Waals surface area contributed by atoms with Gasteiger partial charge in [0.25, 0.3) is 0 Å². The van der Waals surface area contributed by atoms with Crippen LogP contribution in [-0.2, 0) is 41.8 Å². The number of hydrogen-bond acceptors (Lipinski definition) is 0. The summed E-state index contributed by atoms with van der Waals surface area (Å²) in [4.78, 5) is 0. The van der Waals surface area contributed by atoms with Crippen molar-refractivity contribution in [2.75, 3.05) is 0 Å². The maximum Gasteiger partial charge on any atom is 0.416 e. The van der Waals surface area contributed by atoms with Crippen LogP contribution in [0.4, 0.5) is 52.7 Å². The molecule has 2 aromatic carbocycles. The van der Waals surface area contributed by atoms with Crippen LogP contribution in [0.15, 0.2) is 84.2 Å². The standard InChI is InChI=1S/C35H36F12P2.C5H6.Fe/c1-21(48(26-9-4-2-5-10-26)27-11-6-3-7-12-27)30-13-8-14-31(30)49(28-17-22(32(36,37)38)15-23(18-28)33(39,40)41)29-19-24(34(42,43)44)16-25(20-29)35(45,46)47;1-2-4-5-3-1;/h8,13-21,26-27,30H,2-7,9-12H2,1H3;1-4H,5H2;/t21-,30?;;/m1../s1. The fourth-order valence-electron chi connectivity index (χ4n) is 8.00. The Bertz CT molecular complexity index is 1540. The maximum absolute atomic E-state index is 14.1. The summed E-state index contributed by atoms with van der Waals surface area (Å²) in [6, 6.07) is 1.61. The molecule has 0 amide bonds. The molecule has 0 aromatic heterocycles. The Morgan fingerprint density at radius 2 is 0.891 bits per heavy atom. The van der Waals surface area contributed by atoms with Gasteiger partial charge in [0.05, 0.1) is 22.3 Å². The Balaban J connectivity index is 0.00000104. The summed E-state index contributed by atoms with van der Waals surface area (Å²) in [5.41, 5.74) is -6.15. The zero-order valence-corrected chi connectivity index (χ0v) is 32.8. The van der Waals surface area contributed by atoms with Crippen LogP contribution in [0.3, 0.4) is 0 Å². The molecule has 1 unspecified atom stereocenters. The van der Waals surface area contributed by atoms with Crippen LogP contribution in [0.5, 0.6) is 0 Å². The second-order valence-corrected chi connectivity index (χ2v) is 19.6. The summed E-state index contributed by atoms with van der Waals surface area (Å²) in [6.45, 7) is 2.00. The number of hydrogen-bond donors (Lipinski definition) is 0. The summed E-state index contributed by atoms with van der Waals surface area (Å²) >= 11 is 0. The van der Waals surface area contributed by atoms with Crippen LogP contribution in [0.1, 0.15) is 99.8 Å². The van der Waals surface area contributed by atoms with Crippen molar-refractivity contribution in [3.05, 3.63) is 106 Å². The minimum absolute atomic E-state index is 0. The van der Waals surface area contributed by atoms with E-state index in [0.29, 0.717) is 35.6 Å². The summed E-state index contributed by atoms with van der Waals surface area (Å²) < 4.78 is 169. The first-order chi connectivity index (χ1) is 25.2. The Morgan fingerprint density at radius 3 is 1.20 bits per heavy atom. The first kappa shape index (κ1) is 45.6. The molecule has 2 fully saturated rings. The first-order valence-electron chi connectivity index (χ1n) is 18.1. The van der Waals surface area contributed by atoms with E-state index >= 15 is 0 Å². The van der Waals surface area contributed by atoms with Crippen molar-refractivity contribution in [2.45, 2.75) is 119 Å². The summed E-state index contributed by atoms with van der Waals surface area (Å²) in [6.07, 6.45) is 3.52. The van der Waals surface area contributed by atoms with E-state index in [-0.39, 0.29) is 40.2 Å². The second kappa shape index (κ2) is 18.7. The molecule has 6 rings (SSSR count). The average Bonchev–Trinajstić information content (AvgIpc) is 3.84. The average molecular weight is 869 g/mol. The Morgan fingerprint density at radius 1 is 0.527 bits per heavy atom. The monoisotopic (exact) mass is 868 g/mol. The quantitative estimate of drug-likeness (QED) is 0.148. The van der Waals surface area contributed by atoms with Gasteiger partial charge in [0.2, 0.25) is 0 Å². The van der Waals surface area contributed by atoms with Crippen LogP contribution in [0.2, 0.25) is 0 Å². The third-order valence-electron chi connectivity index (χ3n) is 10.5. The molecule has 0 aliphatic heterocycles. The minimum atomic E-state index is -5.27. The van der Waals surface area contributed by atoms with Crippen molar-refractivity contribution < 1.29 is 69.8 Å². The smallest absolute Gasteiger partial charge is 0.166 e. The molecule has 0 saturated heterocycles. The molecule has 15 heteroatoms. The van der Waals surface area contributed by atoms with E-state index in [1.807, 2.05) is 6.92 Å². The Hall–Kier alpha value is -2.06. The van der Waals surface area contributed by atoms with Crippen molar-refractivity contribution in [3.63, 3.8) is 0 Å². The zero-order valence-electron chi connectivity index (χ0n) is 29.9. The number of allylic oxidation sites excluding steroid dienone is 8. The fourth-order valence-corrected chi connectivity index (χ4v) is 15.4. The molecule has 55 heavy (non-hydrogen) atoms. The van der Waals surface area contributed by atoms with E-state index in [2.05, 4.69) is 24.3 Å². The topological polar surface area (TPSA) is 0 Å². The van der Waals surface area contributed by atoms with Crippen molar-refractivity contribution in [1.29, 1.82) is 0 Å².